The molecular weight excluding hydrogens is 216 g/mol. The molecule has 1 saturated heterocycles. The Morgan fingerprint density at radius 1 is 1.47 bits per heavy atom. The highest BCUT2D eigenvalue weighted by Gasteiger charge is 2.23. The number of aromatic nitrogens is 2. The SMILES string of the molecule is Cn1c(N2CCC(N)C2)nc2ccc(O)cc21. The fourth-order valence-corrected chi connectivity index (χ4v) is 2.42. The number of benzene rings is 1. The lowest BCUT2D eigenvalue weighted by Gasteiger charge is -2.16. The van der Waals surface area contributed by atoms with E-state index in [1.54, 1.807) is 12.1 Å². The van der Waals surface area contributed by atoms with Gasteiger partial charge in [0.1, 0.15) is 5.75 Å². The largest absolute Gasteiger partial charge is 0.508 e. The van der Waals surface area contributed by atoms with Crippen LogP contribution in [0.25, 0.3) is 11.0 Å². The average molecular weight is 232 g/mol. The number of imidazole rings is 1. The Kier molecular flexibility index (Phi) is 2.22. The van der Waals surface area contributed by atoms with Crippen molar-refractivity contribution in [3.05, 3.63) is 18.2 Å². The van der Waals surface area contributed by atoms with E-state index in [9.17, 15) is 5.11 Å². The zero-order valence-electron chi connectivity index (χ0n) is 9.80. The van der Waals surface area contributed by atoms with Gasteiger partial charge < -0.3 is 20.3 Å². The highest BCUT2D eigenvalue weighted by Crippen LogP contribution is 2.26. The van der Waals surface area contributed by atoms with E-state index in [4.69, 9.17) is 5.73 Å². The van der Waals surface area contributed by atoms with Crippen molar-refractivity contribution < 1.29 is 5.11 Å². The van der Waals surface area contributed by atoms with Gasteiger partial charge in [-0.25, -0.2) is 4.98 Å². The van der Waals surface area contributed by atoms with Crippen LogP contribution in [0.3, 0.4) is 0 Å². The molecule has 1 aliphatic heterocycles. The fraction of sp³-hybridized carbons (Fsp3) is 0.417. The number of nitrogens with zero attached hydrogens (tertiary/aromatic N) is 3. The van der Waals surface area contributed by atoms with Gasteiger partial charge in [0, 0.05) is 32.2 Å². The highest BCUT2D eigenvalue weighted by molar-refractivity contribution is 5.80. The van der Waals surface area contributed by atoms with Gasteiger partial charge in [-0.15, -0.1) is 0 Å². The van der Waals surface area contributed by atoms with Crippen LogP contribution in [-0.2, 0) is 7.05 Å². The van der Waals surface area contributed by atoms with E-state index >= 15 is 0 Å². The van der Waals surface area contributed by atoms with Crippen molar-refractivity contribution in [1.82, 2.24) is 9.55 Å². The molecule has 2 heterocycles. The molecule has 0 radical (unpaired) electrons. The number of hydrogen-bond donors (Lipinski definition) is 2. The Morgan fingerprint density at radius 3 is 3.00 bits per heavy atom. The van der Waals surface area contributed by atoms with Gasteiger partial charge in [0.25, 0.3) is 0 Å². The molecule has 5 nitrogen and oxygen atoms in total. The van der Waals surface area contributed by atoms with E-state index in [0.717, 1.165) is 36.5 Å². The van der Waals surface area contributed by atoms with Crippen molar-refractivity contribution in [2.24, 2.45) is 12.8 Å². The molecule has 3 N–H and O–H groups in total. The maximum atomic E-state index is 9.50. The van der Waals surface area contributed by atoms with Gasteiger partial charge in [0.2, 0.25) is 5.95 Å². The van der Waals surface area contributed by atoms with Crippen molar-refractivity contribution in [3.63, 3.8) is 0 Å². The number of hydrogen-bond acceptors (Lipinski definition) is 4. The minimum Gasteiger partial charge on any atom is -0.508 e. The first-order chi connectivity index (χ1) is 8.15. The summed E-state index contributed by atoms with van der Waals surface area (Å²) in [5, 5.41) is 9.50. The van der Waals surface area contributed by atoms with Crippen molar-refractivity contribution in [3.8, 4) is 5.75 Å². The Morgan fingerprint density at radius 2 is 2.29 bits per heavy atom. The summed E-state index contributed by atoms with van der Waals surface area (Å²) < 4.78 is 2.01. The van der Waals surface area contributed by atoms with Crippen LogP contribution in [0.15, 0.2) is 18.2 Å². The zero-order chi connectivity index (χ0) is 12.0. The summed E-state index contributed by atoms with van der Waals surface area (Å²) in [7, 11) is 1.97. The summed E-state index contributed by atoms with van der Waals surface area (Å²) in [5.41, 5.74) is 7.76. The van der Waals surface area contributed by atoms with Crippen LogP contribution < -0.4 is 10.6 Å². The van der Waals surface area contributed by atoms with Crippen LogP contribution in [0, 0.1) is 0 Å². The molecule has 17 heavy (non-hydrogen) atoms. The molecule has 1 aliphatic rings. The van der Waals surface area contributed by atoms with Gasteiger partial charge in [0.05, 0.1) is 11.0 Å². The third kappa shape index (κ3) is 1.63. The van der Waals surface area contributed by atoms with Gasteiger partial charge in [0.15, 0.2) is 0 Å². The smallest absolute Gasteiger partial charge is 0.206 e. The average Bonchev–Trinajstić information content (AvgIpc) is 2.84. The van der Waals surface area contributed by atoms with E-state index in [1.807, 2.05) is 17.7 Å². The van der Waals surface area contributed by atoms with Crippen LogP contribution in [-0.4, -0.2) is 33.8 Å². The second-order valence-corrected chi connectivity index (χ2v) is 4.64. The molecule has 90 valence electrons. The van der Waals surface area contributed by atoms with E-state index < -0.39 is 0 Å². The summed E-state index contributed by atoms with van der Waals surface area (Å²) in [5.74, 6) is 1.20. The summed E-state index contributed by atoms with van der Waals surface area (Å²) in [4.78, 5) is 6.79. The van der Waals surface area contributed by atoms with Gasteiger partial charge >= 0.3 is 0 Å². The second-order valence-electron chi connectivity index (χ2n) is 4.64. The first-order valence-corrected chi connectivity index (χ1v) is 5.81. The number of rotatable bonds is 1. The van der Waals surface area contributed by atoms with Gasteiger partial charge in [-0.05, 0) is 18.6 Å². The lowest BCUT2D eigenvalue weighted by Crippen LogP contribution is -2.28. The van der Waals surface area contributed by atoms with Crippen LogP contribution in [0.4, 0.5) is 5.95 Å². The zero-order valence-corrected chi connectivity index (χ0v) is 9.80. The van der Waals surface area contributed by atoms with Gasteiger partial charge in [-0.3, -0.25) is 0 Å². The minimum absolute atomic E-state index is 0.239. The molecular formula is C12H16N4O. The third-order valence-corrected chi connectivity index (χ3v) is 3.35. The molecule has 0 amide bonds. The molecule has 1 fully saturated rings. The van der Waals surface area contributed by atoms with Gasteiger partial charge in [-0.1, -0.05) is 0 Å². The van der Waals surface area contributed by atoms with E-state index in [-0.39, 0.29) is 11.8 Å². The highest BCUT2D eigenvalue weighted by atomic mass is 16.3. The predicted octanol–water partition coefficient (Wildman–Crippen LogP) is 0.816. The van der Waals surface area contributed by atoms with Crippen molar-refractivity contribution in [1.29, 1.82) is 0 Å². The number of aryl methyl sites for hydroxylation is 1. The number of nitrogens with two attached hydrogens (primary N) is 1. The summed E-state index contributed by atoms with van der Waals surface area (Å²) >= 11 is 0. The molecule has 1 unspecified atom stereocenters. The number of anilines is 1. The van der Waals surface area contributed by atoms with E-state index in [2.05, 4.69) is 9.88 Å². The number of fused-ring (bicyclic) bond motifs is 1. The predicted molar refractivity (Wildman–Crippen MR) is 67.2 cm³/mol. The van der Waals surface area contributed by atoms with Crippen molar-refractivity contribution in [2.45, 2.75) is 12.5 Å². The first-order valence-electron chi connectivity index (χ1n) is 5.81. The maximum absolute atomic E-state index is 9.50. The van der Waals surface area contributed by atoms with Crippen LogP contribution >= 0.6 is 0 Å². The standard InChI is InChI=1S/C12H16N4O/c1-15-11-6-9(17)2-3-10(11)14-12(15)16-5-4-8(13)7-16/h2-3,6,8,17H,4-5,7,13H2,1H3. The summed E-state index contributed by atoms with van der Waals surface area (Å²) in [6.07, 6.45) is 1.01. The molecule has 3 rings (SSSR count). The molecule has 1 atom stereocenters. The molecule has 1 aromatic heterocycles. The minimum atomic E-state index is 0.239. The third-order valence-electron chi connectivity index (χ3n) is 3.35. The van der Waals surface area contributed by atoms with Crippen molar-refractivity contribution >= 4 is 17.0 Å². The Hall–Kier alpha value is -1.75. The lowest BCUT2D eigenvalue weighted by atomic mass is 10.3. The summed E-state index contributed by atoms with van der Waals surface area (Å²) in [6, 6.07) is 5.48. The number of phenols is 1. The normalized spacial score (nSPS) is 20.4. The molecule has 0 spiro atoms. The van der Waals surface area contributed by atoms with Crippen LogP contribution in [0.2, 0.25) is 0 Å². The van der Waals surface area contributed by atoms with E-state index in [1.165, 1.54) is 0 Å². The Bertz CT molecular complexity index is 563. The molecule has 0 aliphatic carbocycles. The monoisotopic (exact) mass is 232 g/mol. The number of phenolic OH excluding ortho intramolecular Hbond substituents is 1. The van der Waals surface area contributed by atoms with E-state index in [0.29, 0.717) is 0 Å². The van der Waals surface area contributed by atoms with Gasteiger partial charge in [-0.2, -0.15) is 0 Å². The van der Waals surface area contributed by atoms with Crippen LogP contribution in [0.1, 0.15) is 6.42 Å². The molecule has 2 aromatic rings. The molecule has 0 bridgehead atoms. The van der Waals surface area contributed by atoms with Crippen molar-refractivity contribution in [2.75, 3.05) is 18.0 Å². The Labute approximate surface area is 99.5 Å². The molecule has 5 heteroatoms. The summed E-state index contributed by atoms with van der Waals surface area (Å²) in [6.45, 7) is 1.80. The number of aromatic hydroxyl groups is 1. The fourth-order valence-electron chi connectivity index (χ4n) is 2.42. The topological polar surface area (TPSA) is 67.3 Å². The Balaban J connectivity index is 2.08. The molecule has 0 saturated carbocycles. The second kappa shape index (κ2) is 3.63. The quantitative estimate of drug-likeness (QED) is 0.763. The molecule has 1 aromatic carbocycles. The van der Waals surface area contributed by atoms with Crippen LogP contribution in [0.5, 0.6) is 5.75 Å². The first kappa shape index (κ1) is 10.4. The lowest BCUT2D eigenvalue weighted by molar-refractivity contribution is 0.476. The maximum Gasteiger partial charge on any atom is 0.206 e.